The first kappa shape index (κ1) is 8.97. The molecule has 0 bridgehead atoms. The van der Waals surface area contributed by atoms with E-state index in [4.69, 9.17) is 4.42 Å². The summed E-state index contributed by atoms with van der Waals surface area (Å²) in [6, 6.07) is 12.9. The van der Waals surface area contributed by atoms with Crippen molar-refractivity contribution in [3.63, 3.8) is 0 Å². The van der Waals surface area contributed by atoms with Crippen LogP contribution in [0.4, 0.5) is 0 Å². The van der Waals surface area contributed by atoms with Crippen LogP contribution in [-0.2, 0) is 0 Å². The van der Waals surface area contributed by atoms with Crippen molar-refractivity contribution in [2.75, 3.05) is 0 Å². The maximum Gasteiger partial charge on any atom is 0.248 e. The van der Waals surface area contributed by atoms with Crippen LogP contribution in [-0.4, -0.2) is 4.98 Å². The predicted octanol–water partition coefficient (Wildman–Crippen LogP) is 2.79. The standard InChI is InChI=1S/C13H9NO2/c15-12-7-6-9-3-1-4-10(13(9)14-12)11-5-2-8-16-11/h1-8H,(H,14,15). The average Bonchev–Trinajstić information content (AvgIpc) is 2.81. The van der Waals surface area contributed by atoms with Crippen molar-refractivity contribution in [2.45, 2.75) is 0 Å². The Morgan fingerprint density at radius 2 is 1.94 bits per heavy atom. The lowest BCUT2D eigenvalue weighted by molar-refractivity contribution is 0.583. The molecule has 0 aliphatic heterocycles. The van der Waals surface area contributed by atoms with Crippen LogP contribution in [0.25, 0.3) is 22.2 Å². The molecule has 0 aliphatic carbocycles. The fourth-order valence-electron chi connectivity index (χ4n) is 1.82. The van der Waals surface area contributed by atoms with Crippen molar-refractivity contribution < 1.29 is 4.42 Å². The molecule has 3 nitrogen and oxygen atoms in total. The van der Waals surface area contributed by atoms with Crippen LogP contribution >= 0.6 is 0 Å². The van der Waals surface area contributed by atoms with Crippen molar-refractivity contribution in [1.82, 2.24) is 4.98 Å². The van der Waals surface area contributed by atoms with Crippen LogP contribution in [0.5, 0.6) is 0 Å². The number of aromatic nitrogens is 1. The van der Waals surface area contributed by atoms with Gasteiger partial charge in [0.1, 0.15) is 5.76 Å². The number of furan rings is 1. The molecule has 0 aliphatic rings. The number of nitrogens with one attached hydrogen (secondary N) is 1. The Bertz CT molecular complexity index is 680. The number of pyridine rings is 1. The van der Waals surface area contributed by atoms with Gasteiger partial charge in [-0.15, -0.1) is 0 Å². The average molecular weight is 211 g/mol. The minimum absolute atomic E-state index is 0.105. The Labute approximate surface area is 91.3 Å². The van der Waals surface area contributed by atoms with E-state index in [0.29, 0.717) is 0 Å². The summed E-state index contributed by atoms with van der Waals surface area (Å²) in [6.45, 7) is 0. The molecule has 0 unspecified atom stereocenters. The van der Waals surface area contributed by atoms with Gasteiger partial charge >= 0.3 is 0 Å². The normalized spacial score (nSPS) is 10.8. The molecular formula is C13H9NO2. The number of hydrogen-bond acceptors (Lipinski definition) is 2. The van der Waals surface area contributed by atoms with Gasteiger partial charge in [0.25, 0.3) is 0 Å². The molecule has 2 aromatic heterocycles. The molecule has 0 saturated carbocycles. The van der Waals surface area contributed by atoms with E-state index in [1.54, 1.807) is 12.3 Å². The summed E-state index contributed by atoms with van der Waals surface area (Å²) in [7, 11) is 0. The number of hydrogen-bond donors (Lipinski definition) is 1. The van der Waals surface area contributed by atoms with Gasteiger partial charge in [0, 0.05) is 11.6 Å². The van der Waals surface area contributed by atoms with E-state index in [0.717, 1.165) is 22.2 Å². The van der Waals surface area contributed by atoms with Crippen LogP contribution in [0, 0.1) is 0 Å². The predicted molar refractivity (Wildman–Crippen MR) is 62.3 cm³/mol. The monoisotopic (exact) mass is 211 g/mol. The van der Waals surface area contributed by atoms with E-state index in [9.17, 15) is 4.79 Å². The number of H-pyrrole nitrogens is 1. The quantitative estimate of drug-likeness (QED) is 0.672. The van der Waals surface area contributed by atoms with E-state index in [2.05, 4.69) is 4.98 Å². The Morgan fingerprint density at radius 3 is 2.75 bits per heavy atom. The Kier molecular flexibility index (Phi) is 1.90. The summed E-state index contributed by atoms with van der Waals surface area (Å²) >= 11 is 0. The summed E-state index contributed by atoms with van der Waals surface area (Å²) in [5.41, 5.74) is 1.61. The molecule has 3 aromatic rings. The van der Waals surface area contributed by atoms with Crippen LogP contribution in [0.1, 0.15) is 0 Å². The SMILES string of the molecule is O=c1ccc2cccc(-c3ccco3)c2[nH]1. The summed E-state index contributed by atoms with van der Waals surface area (Å²) in [5.74, 6) is 0.757. The van der Waals surface area contributed by atoms with Crippen molar-refractivity contribution in [2.24, 2.45) is 0 Å². The molecule has 3 heteroatoms. The van der Waals surface area contributed by atoms with E-state index >= 15 is 0 Å². The zero-order valence-corrected chi connectivity index (χ0v) is 8.44. The molecule has 16 heavy (non-hydrogen) atoms. The molecule has 0 fully saturated rings. The molecule has 78 valence electrons. The van der Waals surface area contributed by atoms with Gasteiger partial charge in [-0.1, -0.05) is 12.1 Å². The third kappa shape index (κ3) is 1.34. The van der Waals surface area contributed by atoms with Gasteiger partial charge in [-0.05, 0) is 29.7 Å². The Morgan fingerprint density at radius 1 is 1.00 bits per heavy atom. The van der Waals surface area contributed by atoms with Gasteiger partial charge in [0.05, 0.1) is 11.8 Å². The van der Waals surface area contributed by atoms with E-state index in [1.807, 2.05) is 30.3 Å². The van der Waals surface area contributed by atoms with Crippen LogP contribution in [0.3, 0.4) is 0 Å². The molecule has 3 rings (SSSR count). The van der Waals surface area contributed by atoms with Crippen LogP contribution in [0.15, 0.2) is 57.9 Å². The third-order valence-corrected chi connectivity index (χ3v) is 2.55. The van der Waals surface area contributed by atoms with Crippen LogP contribution < -0.4 is 5.56 Å². The molecule has 1 N–H and O–H groups in total. The van der Waals surface area contributed by atoms with Gasteiger partial charge in [0.2, 0.25) is 5.56 Å². The highest BCUT2D eigenvalue weighted by Gasteiger charge is 2.06. The van der Waals surface area contributed by atoms with Gasteiger partial charge in [-0.3, -0.25) is 4.79 Å². The lowest BCUT2D eigenvalue weighted by Crippen LogP contribution is -2.02. The molecule has 0 amide bonds. The second kappa shape index (κ2) is 3.38. The molecule has 2 heterocycles. The second-order valence-corrected chi connectivity index (χ2v) is 3.57. The molecule has 0 atom stereocenters. The lowest BCUT2D eigenvalue weighted by Gasteiger charge is -2.02. The summed E-state index contributed by atoms with van der Waals surface area (Å²) in [4.78, 5) is 14.2. The fraction of sp³-hybridized carbons (Fsp3) is 0. The van der Waals surface area contributed by atoms with Gasteiger partial charge < -0.3 is 9.40 Å². The third-order valence-electron chi connectivity index (χ3n) is 2.55. The second-order valence-electron chi connectivity index (χ2n) is 3.57. The highest BCUT2D eigenvalue weighted by atomic mass is 16.3. The Hall–Kier alpha value is -2.29. The van der Waals surface area contributed by atoms with Gasteiger partial charge in [-0.2, -0.15) is 0 Å². The number of fused-ring (bicyclic) bond motifs is 1. The topological polar surface area (TPSA) is 46.0 Å². The molecule has 1 aromatic carbocycles. The van der Waals surface area contributed by atoms with E-state index in [-0.39, 0.29) is 5.56 Å². The smallest absolute Gasteiger partial charge is 0.248 e. The number of aromatic amines is 1. The molecule has 0 radical (unpaired) electrons. The lowest BCUT2D eigenvalue weighted by atomic mass is 10.1. The van der Waals surface area contributed by atoms with Gasteiger partial charge in [0.15, 0.2) is 0 Å². The van der Waals surface area contributed by atoms with Crippen LogP contribution in [0.2, 0.25) is 0 Å². The zero-order valence-electron chi connectivity index (χ0n) is 8.44. The van der Waals surface area contributed by atoms with Crippen molar-refractivity contribution in [1.29, 1.82) is 0 Å². The van der Waals surface area contributed by atoms with E-state index in [1.165, 1.54) is 6.07 Å². The first-order chi connectivity index (χ1) is 7.84. The minimum atomic E-state index is -0.105. The van der Waals surface area contributed by atoms with Crippen molar-refractivity contribution in [3.05, 3.63) is 59.1 Å². The minimum Gasteiger partial charge on any atom is -0.464 e. The summed E-state index contributed by atoms with van der Waals surface area (Å²) in [5, 5.41) is 0.994. The maximum atomic E-state index is 11.3. The zero-order chi connectivity index (χ0) is 11.0. The fourth-order valence-corrected chi connectivity index (χ4v) is 1.82. The summed E-state index contributed by atoms with van der Waals surface area (Å²) in [6.07, 6.45) is 1.62. The number of benzene rings is 1. The molecule has 0 saturated heterocycles. The highest BCUT2D eigenvalue weighted by molar-refractivity contribution is 5.91. The number of rotatable bonds is 1. The molecular weight excluding hydrogens is 202 g/mol. The van der Waals surface area contributed by atoms with Crippen molar-refractivity contribution >= 4 is 10.9 Å². The number of para-hydroxylation sites is 1. The largest absolute Gasteiger partial charge is 0.464 e. The van der Waals surface area contributed by atoms with Gasteiger partial charge in [-0.25, -0.2) is 0 Å². The Balaban J connectivity index is 2.41. The van der Waals surface area contributed by atoms with Crippen molar-refractivity contribution in [3.8, 4) is 11.3 Å². The highest BCUT2D eigenvalue weighted by Crippen LogP contribution is 2.26. The maximum absolute atomic E-state index is 11.3. The first-order valence-corrected chi connectivity index (χ1v) is 5.00. The van der Waals surface area contributed by atoms with E-state index < -0.39 is 0 Å². The summed E-state index contributed by atoms with van der Waals surface area (Å²) < 4.78 is 5.35. The molecule has 0 spiro atoms. The first-order valence-electron chi connectivity index (χ1n) is 5.00.